The topological polar surface area (TPSA) is 29.9 Å². The fourth-order valence-corrected chi connectivity index (χ4v) is 0.680. The van der Waals surface area contributed by atoms with Gasteiger partial charge in [-0.3, -0.25) is 0 Å². The molecule has 2 N–H and O–H groups in total. The van der Waals surface area contributed by atoms with E-state index in [1.54, 1.807) is 0 Å². The minimum atomic E-state index is 0. The van der Waals surface area contributed by atoms with Crippen LogP contribution in [0.3, 0.4) is 0 Å². The maximum Gasteiger partial charge on any atom is 0.170 e. The standard InChI is InChI=1S/C7H10N2.ClH/c1-2-9-5-3-7(8)4-6-9;/h3-6,8H,2H2,1H3;1H. The third-order valence-electron chi connectivity index (χ3n) is 1.28. The Hall–Kier alpha value is -0.760. The van der Waals surface area contributed by atoms with Crippen molar-refractivity contribution in [3.8, 4) is 0 Å². The van der Waals surface area contributed by atoms with Crippen molar-refractivity contribution in [2.45, 2.75) is 13.5 Å². The van der Waals surface area contributed by atoms with Gasteiger partial charge in [-0.25, -0.2) is 4.57 Å². The van der Waals surface area contributed by atoms with Crippen LogP contribution < -0.4 is 22.7 Å². The van der Waals surface area contributed by atoms with E-state index >= 15 is 0 Å². The van der Waals surface area contributed by atoms with Gasteiger partial charge in [0.1, 0.15) is 6.54 Å². The molecule has 0 bridgehead atoms. The van der Waals surface area contributed by atoms with Crippen LogP contribution in [0.15, 0.2) is 24.5 Å². The van der Waals surface area contributed by atoms with Crippen molar-refractivity contribution in [2.24, 2.45) is 0 Å². The number of halogens is 1. The van der Waals surface area contributed by atoms with E-state index < -0.39 is 0 Å². The van der Waals surface area contributed by atoms with Crippen molar-refractivity contribution in [3.05, 3.63) is 24.5 Å². The molecule has 1 aromatic heterocycles. The van der Waals surface area contributed by atoms with Crippen LogP contribution in [0, 0.1) is 0 Å². The Bertz CT molecular complexity index is 183. The largest absolute Gasteiger partial charge is 1.00 e. The maximum absolute atomic E-state index is 5.47. The minimum absolute atomic E-state index is 0. The van der Waals surface area contributed by atoms with Crippen molar-refractivity contribution in [3.63, 3.8) is 0 Å². The lowest BCUT2D eigenvalue weighted by Crippen LogP contribution is -3.00. The molecule has 56 valence electrons. The molecule has 0 saturated heterocycles. The molecule has 1 aromatic rings. The second-order valence-corrected chi connectivity index (χ2v) is 1.96. The molecule has 0 saturated carbocycles. The number of hydrogen-bond donors (Lipinski definition) is 1. The lowest BCUT2D eigenvalue weighted by molar-refractivity contribution is -0.693. The Morgan fingerprint density at radius 2 is 1.90 bits per heavy atom. The highest BCUT2D eigenvalue weighted by molar-refractivity contribution is 5.32. The number of aromatic nitrogens is 1. The molecule has 0 radical (unpaired) electrons. The van der Waals surface area contributed by atoms with Crippen LogP contribution in [0.1, 0.15) is 6.92 Å². The van der Waals surface area contributed by atoms with E-state index in [2.05, 4.69) is 11.5 Å². The molecule has 0 unspecified atom stereocenters. The molecule has 10 heavy (non-hydrogen) atoms. The minimum Gasteiger partial charge on any atom is -1.00 e. The van der Waals surface area contributed by atoms with Crippen molar-refractivity contribution in [1.82, 2.24) is 0 Å². The number of pyridine rings is 1. The van der Waals surface area contributed by atoms with E-state index in [4.69, 9.17) is 5.73 Å². The van der Waals surface area contributed by atoms with Gasteiger partial charge in [-0.2, -0.15) is 0 Å². The smallest absolute Gasteiger partial charge is 0.170 e. The molecule has 0 aliphatic rings. The predicted molar refractivity (Wildman–Crippen MR) is 36.7 cm³/mol. The molecule has 3 heteroatoms. The van der Waals surface area contributed by atoms with E-state index in [-0.39, 0.29) is 12.4 Å². The lowest BCUT2D eigenvalue weighted by atomic mass is 10.4. The third kappa shape index (κ3) is 2.23. The Morgan fingerprint density at radius 3 is 2.30 bits per heavy atom. The van der Waals surface area contributed by atoms with E-state index in [0.29, 0.717) is 0 Å². The summed E-state index contributed by atoms with van der Waals surface area (Å²) < 4.78 is 2.07. The molecule has 0 amide bonds. The second kappa shape index (κ2) is 4.12. The first kappa shape index (κ1) is 9.24. The van der Waals surface area contributed by atoms with Crippen LogP contribution in [0.25, 0.3) is 0 Å². The number of nitrogen functional groups attached to an aromatic ring is 1. The average molecular weight is 159 g/mol. The first-order valence-corrected chi connectivity index (χ1v) is 3.07. The Labute approximate surface area is 67.1 Å². The average Bonchev–Trinajstić information content (AvgIpc) is 1.90. The zero-order chi connectivity index (χ0) is 6.69. The lowest BCUT2D eigenvalue weighted by Gasteiger charge is -1.89. The van der Waals surface area contributed by atoms with Crippen molar-refractivity contribution in [1.29, 1.82) is 0 Å². The summed E-state index contributed by atoms with van der Waals surface area (Å²) in [6, 6.07) is 3.78. The van der Waals surface area contributed by atoms with Gasteiger partial charge in [-0.1, -0.05) is 0 Å². The number of anilines is 1. The molecule has 0 aliphatic carbocycles. The van der Waals surface area contributed by atoms with Crippen LogP contribution in [0.5, 0.6) is 0 Å². The molecule has 2 nitrogen and oxygen atoms in total. The molecule has 0 aromatic carbocycles. The van der Waals surface area contributed by atoms with Gasteiger partial charge in [0.15, 0.2) is 12.4 Å². The number of nitrogens with two attached hydrogens (primary N) is 1. The summed E-state index contributed by atoms with van der Waals surface area (Å²) in [6.45, 7) is 3.09. The summed E-state index contributed by atoms with van der Waals surface area (Å²) in [7, 11) is 0. The SMILES string of the molecule is CC[n+]1ccc(N)cc1.[Cl-]. The van der Waals surface area contributed by atoms with Gasteiger partial charge in [0.25, 0.3) is 0 Å². The Morgan fingerprint density at radius 1 is 1.40 bits per heavy atom. The van der Waals surface area contributed by atoms with Crippen LogP contribution >= 0.6 is 0 Å². The zero-order valence-corrected chi connectivity index (χ0v) is 6.67. The van der Waals surface area contributed by atoms with Crippen LogP contribution in [-0.4, -0.2) is 0 Å². The number of aryl methyl sites for hydroxylation is 1. The number of nitrogens with zero attached hydrogens (tertiary/aromatic N) is 1. The summed E-state index contributed by atoms with van der Waals surface area (Å²) >= 11 is 0. The van der Waals surface area contributed by atoms with Gasteiger partial charge in [-0.05, 0) is 6.92 Å². The summed E-state index contributed by atoms with van der Waals surface area (Å²) in [5.41, 5.74) is 6.29. The first-order valence-electron chi connectivity index (χ1n) is 3.07. The van der Waals surface area contributed by atoms with Gasteiger partial charge in [0, 0.05) is 17.8 Å². The summed E-state index contributed by atoms with van der Waals surface area (Å²) in [4.78, 5) is 0. The highest BCUT2D eigenvalue weighted by atomic mass is 35.5. The van der Waals surface area contributed by atoms with Crippen LogP contribution in [0.4, 0.5) is 5.69 Å². The molecule has 0 fully saturated rings. The fraction of sp³-hybridized carbons (Fsp3) is 0.286. The summed E-state index contributed by atoms with van der Waals surface area (Å²) in [6.07, 6.45) is 3.94. The Balaban J connectivity index is 0.000000810. The second-order valence-electron chi connectivity index (χ2n) is 1.96. The molecular weight excluding hydrogens is 148 g/mol. The molecule has 0 aliphatic heterocycles. The molecule has 0 atom stereocenters. The molecular formula is C7H11ClN2. The van der Waals surface area contributed by atoms with Gasteiger partial charge in [0.05, 0.1) is 0 Å². The number of rotatable bonds is 1. The maximum atomic E-state index is 5.47. The normalized spacial score (nSPS) is 8.50. The molecule has 1 heterocycles. The van der Waals surface area contributed by atoms with Crippen LogP contribution in [0.2, 0.25) is 0 Å². The van der Waals surface area contributed by atoms with Gasteiger partial charge < -0.3 is 18.1 Å². The Kier molecular flexibility index (Phi) is 3.81. The predicted octanol–water partition coefficient (Wildman–Crippen LogP) is -2.42. The van der Waals surface area contributed by atoms with Crippen molar-refractivity contribution >= 4 is 5.69 Å². The highest BCUT2D eigenvalue weighted by Gasteiger charge is 1.91. The quantitative estimate of drug-likeness (QED) is 0.453. The molecule has 0 spiro atoms. The highest BCUT2D eigenvalue weighted by Crippen LogP contribution is 1.92. The van der Waals surface area contributed by atoms with Gasteiger partial charge in [-0.15, -0.1) is 0 Å². The van der Waals surface area contributed by atoms with Gasteiger partial charge in [0.2, 0.25) is 0 Å². The summed E-state index contributed by atoms with van der Waals surface area (Å²) in [5, 5.41) is 0. The van der Waals surface area contributed by atoms with E-state index in [9.17, 15) is 0 Å². The van der Waals surface area contributed by atoms with Gasteiger partial charge >= 0.3 is 0 Å². The van der Waals surface area contributed by atoms with Crippen molar-refractivity contribution < 1.29 is 17.0 Å². The van der Waals surface area contributed by atoms with E-state index in [1.807, 2.05) is 24.5 Å². The summed E-state index contributed by atoms with van der Waals surface area (Å²) in [5.74, 6) is 0. The van der Waals surface area contributed by atoms with E-state index in [1.165, 1.54) is 0 Å². The van der Waals surface area contributed by atoms with Crippen molar-refractivity contribution in [2.75, 3.05) is 5.73 Å². The monoisotopic (exact) mass is 158 g/mol. The number of hydrogen-bond acceptors (Lipinski definition) is 1. The first-order chi connectivity index (χ1) is 4.33. The van der Waals surface area contributed by atoms with E-state index in [0.717, 1.165) is 12.2 Å². The molecule has 1 rings (SSSR count). The zero-order valence-electron chi connectivity index (χ0n) is 5.92. The fourth-order valence-electron chi connectivity index (χ4n) is 0.680. The van der Waals surface area contributed by atoms with Crippen LogP contribution in [-0.2, 0) is 6.54 Å². The third-order valence-corrected chi connectivity index (χ3v) is 1.28.